The smallest absolute Gasteiger partial charge is 0.226 e. The van der Waals surface area contributed by atoms with Crippen LogP contribution in [0, 0.1) is 6.92 Å². The van der Waals surface area contributed by atoms with Gasteiger partial charge in [0.25, 0.3) is 0 Å². The van der Waals surface area contributed by atoms with Crippen LogP contribution < -0.4 is 5.73 Å². The van der Waals surface area contributed by atoms with E-state index in [-0.39, 0.29) is 5.28 Å². The van der Waals surface area contributed by atoms with Crippen LogP contribution in [0.15, 0.2) is 30.5 Å². The molecule has 0 saturated heterocycles. The van der Waals surface area contributed by atoms with Gasteiger partial charge in [-0.15, -0.1) is 0 Å². The summed E-state index contributed by atoms with van der Waals surface area (Å²) in [6.07, 6.45) is 1.64. The molecule has 2 N–H and O–H groups in total. The number of halogens is 1. The maximum atomic E-state index is 5.82. The standard InChI is InChI=1S/C12H10ClN5/c1-7-2-4-8(5-3-7)18-11-9(6-15-18)10(14)16-12(13)17-11/h2-6H,1H3,(H2,14,16,17). The number of nitrogens with zero attached hydrogens (tertiary/aromatic N) is 4. The predicted molar refractivity (Wildman–Crippen MR) is 70.8 cm³/mol. The van der Waals surface area contributed by atoms with Gasteiger partial charge in [-0.3, -0.25) is 0 Å². The number of nitrogen functional groups attached to an aromatic ring is 1. The normalized spacial score (nSPS) is 11.0. The van der Waals surface area contributed by atoms with Crippen molar-refractivity contribution in [3.63, 3.8) is 0 Å². The Labute approximate surface area is 108 Å². The van der Waals surface area contributed by atoms with Crippen LogP contribution >= 0.6 is 11.6 Å². The third kappa shape index (κ3) is 1.69. The van der Waals surface area contributed by atoms with E-state index in [1.54, 1.807) is 10.9 Å². The van der Waals surface area contributed by atoms with E-state index in [1.807, 2.05) is 31.2 Å². The Hall–Kier alpha value is -2.14. The molecule has 0 spiro atoms. The Morgan fingerprint density at radius 3 is 2.61 bits per heavy atom. The molecule has 0 unspecified atom stereocenters. The maximum Gasteiger partial charge on any atom is 0.226 e. The summed E-state index contributed by atoms with van der Waals surface area (Å²) < 4.78 is 1.69. The first-order valence-corrected chi connectivity index (χ1v) is 5.77. The molecule has 1 aromatic carbocycles. The second kappa shape index (κ2) is 3.96. The van der Waals surface area contributed by atoms with Crippen molar-refractivity contribution in [1.29, 1.82) is 0 Å². The highest BCUT2D eigenvalue weighted by Crippen LogP contribution is 2.22. The molecule has 3 aromatic rings. The lowest BCUT2D eigenvalue weighted by Crippen LogP contribution is -2.00. The van der Waals surface area contributed by atoms with Crippen molar-refractivity contribution in [2.45, 2.75) is 6.92 Å². The number of rotatable bonds is 1. The summed E-state index contributed by atoms with van der Waals surface area (Å²) in [6.45, 7) is 2.03. The predicted octanol–water partition coefficient (Wildman–Crippen LogP) is 2.36. The summed E-state index contributed by atoms with van der Waals surface area (Å²) in [5.74, 6) is 0.336. The number of aromatic nitrogens is 4. The molecule has 3 rings (SSSR count). The molecule has 0 bridgehead atoms. The number of aryl methyl sites for hydroxylation is 1. The van der Waals surface area contributed by atoms with Gasteiger partial charge in [0.2, 0.25) is 5.28 Å². The van der Waals surface area contributed by atoms with Crippen LogP contribution in [-0.4, -0.2) is 19.7 Å². The molecular weight excluding hydrogens is 250 g/mol. The van der Waals surface area contributed by atoms with Crippen LogP contribution in [0.1, 0.15) is 5.56 Å². The molecule has 2 heterocycles. The summed E-state index contributed by atoms with van der Waals surface area (Å²) in [7, 11) is 0. The van der Waals surface area contributed by atoms with E-state index in [1.165, 1.54) is 5.56 Å². The number of hydrogen-bond acceptors (Lipinski definition) is 4. The quantitative estimate of drug-likeness (QED) is 0.681. The van der Waals surface area contributed by atoms with Crippen LogP contribution in [0.4, 0.5) is 5.82 Å². The van der Waals surface area contributed by atoms with Crippen molar-refractivity contribution < 1.29 is 0 Å². The summed E-state index contributed by atoms with van der Waals surface area (Å²) >= 11 is 5.82. The van der Waals surface area contributed by atoms with Gasteiger partial charge in [0.1, 0.15) is 5.82 Å². The zero-order valence-corrected chi connectivity index (χ0v) is 10.4. The van der Waals surface area contributed by atoms with Crippen molar-refractivity contribution in [2.75, 3.05) is 5.73 Å². The Morgan fingerprint density at radius 2 is 1.89 bits per heavy atom. The molecule has 5 nitrogen and oxygen atoms in total. The lowest BCUT2D eigenvalue weighted by Gasteiger charge is -2.03. The van der Waals surface area contributed by atoms with Gasteiger partial charge in [-0.1, -0.05) is 17.7 Å². The van der Waals surface area contributed by atoms with Gasteiger partial charge in [0, 0.05) is 0 Å². The minimum atomic E-state index is 0.119. The Balaban J connectivity index is 2.27. The lowest BCUT2D eigenvalue weighted by atomic mass is 10.2. The second-order valence-electron chi connectivity index (χ2n) is 4.01. The van der Waals surface area contributed by atoms with Crippen LogP contribution in [0.5, 0.6) is 0 Å². The van der Waals surface area contributed by atoms with Gasteiger partial charge in [-0.2, -0.15) is 10.1 Å². The summed E-state index contributed by atoms with van der Waals surface area (Å²) in [4.78, 5) is 8.07. The summed E-state index contributed by atoms with van der Waals surface area (Å²) in [5, 5.41) is 5.09. The molecule has 0 radical (unpaired) electrons. The average Bonchev–Trinajstić information content (AvgIpc) is 2.74. The summed E-state index contributed by atoms with van der Waals surface area (Å²) in [5.41, 5.74) is 8.48. The number of fused-ring (bicyclic) bond motifs is 1. The monoisotopic (exact) mass is 259 g/mol. The van der Waals surface area contributed by atoms with Gasteiger partial charge in [-0.05, 0) is 30.7 Å². The topological polar surface area (TPSA) is 69.6 Å². The van der Waals surface area contributed by atoms with Crippen LogP contribution in [0.25, 0.3) is 16.7 Å². The second-order valence-corrected chi connectivity index (χ2v) is 4.35. The Bertz CT molecular complexity index is 717. The highest BCUT2D eigenvalue weighted by Gasteiger charge is 2.11. The van der Waals surface area contributed by atoms with Crippen molar-refractivity contribution in [1.82, 2.24) is 19.7 Å². The van der Waals surface area contributed by atoms with Gasteiger partial charge in [-0.25, -0.2) is 9.67 Å². The first kappa shape index (κ1) is 11.0. The fourth-order valence-electron chi connectivity index (χ4n) is 1.78. The van der Waals surface area contributed by atoms with Crippen molar-refractivity contribution in [3.05, 3.63) is 41.3 Å². The zero-order valence-electron chi connectivity index (χ0n) is 9.63. The number of nitrogens with two attached hydrogens (primary N) is 1. The van der Waals surface area contributed by atoms with Gasteiger partial charge < -0.3 is 5.73 Å². The molecule has 0 fully saturated rings. The lowest BCUT2D eigenvalue weighted by molar-refractivity contribution is 0.894. The highest BCUT2D eigenvalue weighted by atomic mass is 35.5. The number of benzene rings is 1. The van der Waals surface area contributed by atoms with Crippen molar-refractivity contribution in [3.8, 4) is 5.69 Å². The molecule has 6 heteroatoms. The van der Waals surface area contributed by atoms with E-state index in [2.05, 4.69) is 15.1 Å². The van der Waals surface area contributed by atoms with E-state index in [4.69, 9.17) is 17.3 Å². The SMILES string of the molecule is Cc1ccc(-n2ncc3c(N)nc(Cl)nc32)cc1. The van der Waals surface area contributed by atoms with Crippen LogP contribution in [-0.2, 0) is 0 Å². The van der Waals surface area contributed by atoms with Gasteiger partial charge in [0.15, 0.2) is 5.65 Å². The van der Waals surface area contributed by atoms with E-state index in [9.17, 15) is 0 Å². The third-order valence-electron chi connectivity index (χ3n) is 2.71. The van der Waals surface area contributed by atoms with Crippen molar-refractivity contribution >= 4 is 28.5 Å². The molecule has 90 valence electrons. The van der Waals surface area contributed by atoms with E-state index in [0.29, 0.717) is 16.9 Å². The molecule has 0 atom stereocenters. The fourth-order valence-corrected chi connectivity index (χ4v) is 1.95. The molecule has 0 amide bonds. The first-order valence-electron chi connectivity index (χ1n) is 5.39. The van der Waals surface area contributed by atoms with Crippen LogP contribution in [0.3, 0.4) is 0 Å². The van der Waals surface area contributed by atoms with E-state index >= 15 is 0 Å². The maximum absolute atomic E-state index is 5.82. The Morgan fingerprint density at radius 1 is 1.17 bits per heavy atom. The first-order chi connectivity index (χ1) is 8.65. The minimum Gasteiger partial charge on any atom is -0.383 e. The number of anilines is 1. The molecule has 2 aromatic heterocycles. The van der Waals surface area contributed by atoms with E-state index in [0.717, 1.165) is 5.69 Å². The zero-order chi connectivity index (χ0) is 12.7. The molecule has 0 aliphatic carbocycles. The third-order valence-corrected chi connectivity index (χ3v) is 2.88. The highest BCUT2D eigenvalue weighted by molar-refractivity contribution is 6.28. The largest absolute Gasteiger partial charge is 0.383 e. The molecule has 18 heavy (non-hydrogen) atoms. The fraction of sp³-hybridized carbons (Fsp3) is 0.0833. The minimum absolute atomic E-state index is 0.119. The summed E-state index contributed by atoms with van der Waals surface area (Å²) in [6, 6.07) is 7.95. The molecule has 0 saturated carbocycles. The van der Waals surface area contributed by atoms with Crippen LogP contribution in [0.2, 0.25) is 5.28 Å². The van der Waals surface area contributed by atoms with Crippen molar-refractivity contribution in [2.24, 2.45) is 0 Å². The van der Waals surface area contributed by atoms with E-state index < -0.39 is 0 Å². The Kier molecular flexibility index (Phi) is 2.41. The van der Waals surface area contributed by atoms with Gasteiger partial charge in [0.05, 0.1) is 17.3 Å². The molecule has 0 aliphatic rings. The molecular formula is C12H10ClN5. The number of hydrogen-bond donors (Lipinski definition) is 1. The average molecular weight is 260 g/mol. The molecule has 0 aliphatic heterocycles. The van der Waals surface area contributed by atoms with Gasteiger partial charge >= 0.3 is 0 Å².